The Labute approximate surface area is 154 Å². The highest BCUT2D eigenvalue weighted by Gasteiger charge is 2.30. The molecule has 0 aliphatic carbocycles. The summed E-state index contributed by atoms with van der Waals surface area (Å²) in [6, 6.07) is 9.51. The zero-order valence-corrected chi connectivity index (χ0v) is 14.2. The average Bonchev–Trinajstić information content (AvgIpc) is 3.20. The second-order valence-corrected chi connectivity index (χ2v) is 6.23. The molecule has 2 N–H and O–H groups in total. The maximum absolute atomic E-state index is 13.4. The van der Waals surface area contributed by atoms with Crippen molar-refractivity contribution in [2.24, 2.45) is 0 Å². The van der Waals surface area contributed by atoms with Crippen molar-refractivity contribution in [3.63, 3.8) is 0 Å². The molecule has 4 rings (SSSR count). The van der Waals surface area contributed by atoms with Crippen LogP contribution in [-0.2, 0) is 16.1 Å². The Morgan fingerprint density at radius 3 is 2.96 bits per heavy atom. The molecule has 0 bridgehead atoms. The molecule has 3 heterocycles. The third-order valence-corrected chi connectivity index (χ3v) is 4.39. The molecule has 1 atom stereocenters. The number of hydrogen-bond donors (Lipinski definition) is 2. The van der Waals surface area contributed by atoms with Crippen LogP contribution in [0, 0.1) is 5.82 Å². The maximum Gasteiger partial charge on any atom is 0.228 e. The van der Waals surface area contributed by atoms with E-state index >= 15 is 0 Å². The summed E-state index contributed by atoms with van der Waals surface area (Å²) in [6.07, 6.45) is 5.15. The molecule has 3 aromatic rings. The predicted octanol–water partition coefficient (Wildman–Crippen LogP) is 2.15. The number of nitrogens with one attached hydrogen (secondary N) is 2. The Morgan fingerprint density at radius 2 is 2.22 bits per heavy atom. The second kappa shape index (κ2) is 6.99. The number of carbonyl (C=O) groups is 2. The summed E-state index contributed by atoms with van der Waals surface area (Å²) in [5, 5.41) is 9.53. The third-order valence-electron chi connectivity index (χ3n) is 4.39. The lowest BCUT2D eigenvalue weighted by atomic mass is 9.89. The standard InChI is InChI=1S/C19H16FN5O2/c20-13-3-4-14-15(9-18(26)24-16(14)8-13)19(27)22-11-12-2-5-17(21-10-12)25-7-1-6-23-25/h1-8,10,15H,9,11H2,(H,22,27)(H,24,26)/t15-/m1/s1. The molecule has 0 saturated heterocycles. The Morgan fingerprint density at radius 1 is 1.33 bits per heavy atom. The maximum atomic E-state index is 13.4. The first-order valence-electron chi connectivity index (χ1n) is 8.42. The van der Waals surface area contributed by atoms with Gasteiger partial charge < -0.3 is 10.6 Å². The molecule has 8 heteroatoms. The number of benzene rings is 1. The Balaban J connectivity index is 1.45. The monoisotopic (exact) mass is 365 g/mol. The average molecular weight is 365 g/mol. The minimum atomic E-state index is -0.648. The molecule has 0 fully saturated rings. The van der Waals surface area contributed by atoms with E-state index in [2.05, 4.69) is 20.7 Å². The fourth-order valence-corrected chi connectivity index (χ4v) is 3.04. The van der Waals surface area contributed by atoms with Gasteiger partial charge in [0.2, 0.25) is 11.8 Å². The van der Waals surface area contributed by atoms with Gasteiger partial charge >= 0.3 is 0 Å². The molecule has 2 aromatic heterocycles. The molecule has 7 nitrogen and oxygen atoms in total. The summed E-state index contributed by atoms with van der Waals surface area (Å²) in [5.41, 5.74) is 1.77. The Bertz CT molecular complexity index is 986. The van der Waals surface area contributed by atoms with E-state index in [1.165, 1.54) is 18.2 Å². The smallest absolute Gasteiger partial charge is 0.228 e. The van der Waals surface area contributed by atoms with Gasteiger partial charge in [-0.1, -0.05) is 12.1 Å². The van der Waals surface area contributed by atoms with E-state index in [9.17, 15) is 14.0 Å². The van der Waals surface area contributed by atoms with Crippen LogP contribution in [0.5, 0.6) is 0 Å². The number of amides is 2. The number of halogens is 1. The van der Waals surface area contributed by atoms with Crippen LogP contribution in [0.3, 0.4) is 0 Å². The highest BCUT2D eigenvalue weighted by atomic mass is 19.1. The van der Waals surface area contributed by atoms with Crippen molar-refractivity contribution in [1.82, 2.24) is 20.1 Å². The molecule has 2 amide bonds. The molecule has 0 unspecified atom stereocenters. The van der Waals surface area contributed by atoms with Crippen LogP contribution in [0.1, 0.15) is 23.5 Å². The van der Waals surface area contributed by atoms with Crippen LogP contribution in [0.15, 0.2) is 55.0 Å². The van der Waals surface area contributed by atoms with Gasteiger partial charge in [-0.15, -0.1) is 0 Å². The SMILES string of the molecule is O=C1C[C@@H](C(=O)NCc2ccc(-n3cccn3)nc2)c2ccc(F)cc2N1. The molecule has 0 radical (unpaired) electrons. The topological polar surface area (TPSA) is 88.9 Å². The van der Waals surface area contributed by atoms with Crippen LogP contribution in [0.25, 0.3) is 5.82 Å². The number of aromatic nitrogens is 3. The summed E-state index contributed by atoms with van der Waals surface area (Å²) < 4.78 is 15.0. The molecule has 1 aliphatic heterocycles. The van der Waals surface area contributed by atoms with Gasteiger partial charge in [0, 0.05) is 37.2 Å². The van der Waals surface area contributed by atoms with Gasteiger partial charge in [-0.2, -0.15) is 5.10 Å². The minimum absolute atomic E-state index is 0.0287. The fraction of sp³-hybridized carbons (Fsp3) is 0.158. The van der Waals surface area contributed by atoms with Crippen LogP contribution in [0.2, 0.25) is 0 Å². The molecule has 0 spiro atoms. The Kier molecular flexibility index (Phi) is 4.37. The number of fused-ring (bicyclic) bond motifs is 1. The lowest BCUT2D eigenvalue weighted by Crippen LogP contribution is -2.34. The first-order chi connectivity index (χ1) is 13.1. The van der Waals surface area contributed by atoms with E-state index in [4.69, 9.17) is 0 Å². The van der Waals surface area contributed by atoms with Crippen LogP contribution < -0.4 is 10.6 Å². The lowest BCUT2D eigenvalue weighted by Gasteiger charge is -2.24. The molecule has 0 saturated carbocycles. The summed E-state index contributed by atoms with van der Waals surface area (Å²) >= 11 is 0. The van der Waals surface area contributed by atoms with Gasteiger partial charge in [-0.25, -0.2) is 14.1 Å². The predicted molar refractivity (Wildman–Crippen MR) is 95.6 cm³/mol. The van der Waals surface area contributed by atoms with E-state index in [1.54, 1.807) is 35.4 Å². The number of anilines is 1. The normalized spacial score (nSPS) is 15.7. The molecular weight excluding hydrogens is 349 g/mol. The van der Waals surface area contributed by atoms with Gasteiger partial charge in [0.25, 0.3) is 0 Å². The molecule has 27 heavy (non-hydrogen) atoms. The Hall–Kier alpha value is -3.55. The van der Waals surface area contributed by atoms with E-state index in [0.29, 0.717) is 17.1 Å². The van der Waals surface area contributed by atoms with Crippen LogP contribution in [0.4, 0.5) is 10.1 Å². The lowest BCUT2D eigenvalue weighted by molar-refractivity contribution is -0.126. The van der Waals surface area contributed by atoms with Crippen molar-refractivity contribution in [2.75, 3.05) is 5.32 Å². The minimum Gasteiger partial charge on any atom is -0.351 e. The van der Waals surface area contributed by atoms with E-state index in [-0.39, 0.29) is 24.8 Å². The summed E-state index contributed by atoms with van der Waals surface area (Å²) in [5.74, 6) is -1.02. The van der Waals surface area contributed by atoms with Crippen LogP contribution >= 0.6 is 0 Å². The van der Waals surface area contributed by atoms with Crippen molar-refractivity contribution in [3.8, 4) is 5.82 Å². The zero-order chi connectivity index (χ0) is 18.8. The highest BCUT2D eigenvalue weighted by molar-refractivity contribution is 6.01. The van der Waals surface area contributed by atoms with Crippen molar-refractivity contribution >= 4 is 17.5 Å². The largest absolute Gasteiger partial charge is 0.351 e. The highest BCUT2D eigenvalue weighted by Crippen LogP contribution is 2.32. The number of carbonyl (C=O) groups excluding carboxylic acids is 2. The summed E-state index contributed by atoms with van der Waals surface area (Å²) in [7, 11) is 0. The van der Waals surface area contributed by atoms with Crippen molar-refractivity contribution in [2.45, 2.75) is 18.9 Å². The number of hydrogen-bond acceptors (Lipinski definition) is 4. The molecule has 1 aliphatic rings. The second-order valence-electron chi connectivity index (χ2n) is 6.23. The molecular formula is C19H16FN5O2. The number of nitrogens with zero attached hydrogens (tertiary/aromatic N) is 3. The molecule has 136 valence electrons. The van der Waals surface area contributed by atoms with Gasteiger partial charge in [0.05, 0.1) is 5.92 Å². The van der Waals surface area contributed by atoms with Gasteiger partial charge in [0.1, 0.15) is 5.82 Å². The van der Waals surface area contributed by atoms with Gasteiger partial charge in [-0.05, 0) is 35.4 Å². The third kappa shape index (κ3) is 3.55. The fourth-order valence-electron chi connectivity index (χ4n) is 3.04. The van der Waals surface area contributed by atoms with Gasteiger partial charge in [-0.3, -0.25) is 9.59 Å². The van der Waals surface area contributed by atoms with Crippen molar-refractivity contribution < 1.29 is 14.0 Å². The number of pyridine rings is 1. The van der Waals surface area contributed by atoms with Crippen molar-refractivity contribution in [1.29, 1.82) is 0 Å². The van der Waals surface area contributed by atoms with Crippen molar-refractivity contribution in [3.05, 3.63) is 71.9 Å². The number of rotatable bonds is 4. The van der Waals surface area contributed by atoms with Crippen LogP contribution in [-0.4, -0.2) is 26.6 Å². The van der Waals surface area contributed by atoms with E-state index in [0.717, 1.165) is 5.56 Å². The van der Waals surface area contributed by atoms with E-state index in [1.807, 2.05) is 6.07 Å². The first kappa shape index (κ1) is 16.9. The zero-order valence-electron chi connectivity index (χ0n) is 14.2. The molecule has 1 aromatic carbocycles. The quantitative estimate of drug-likeness (QED) is 0.741. The summed E-state index contributed by atoms with van der Waals surface area (Å²) in [4.78, 5) is 28.8. The first-order valence-corrected chi connectivity index (χ1v) is 8.42. The summed E-state index contributed by atoms with van der Waals surface area (Å²) in [6.45, 7) is 0.278. The van der Waals surface area contributed by atoms with Gasteiger partial charge in [0.15, 0.2) is 5.82 Å². The van der Waals surface area contributed by atoms with E-state index < -0.39 is 11.7 Å².